The maximum atomic E-state index is 14.1. The fourth-order valence-electron chi connectivity index (χ4n) is 4.92. The minimum atomic E-state index is -0.688. The molecule has 2 aliphatic heterocycles. The fraction of sp³-hybridized carbons (Fsp3) is 0.684. The summed E-state index contributed by atoms with van der Waals surface area (Å²) in [6.07, 6.45) is 6.12. The van der Waals surface area contributed by atoms with Gasteiger partial charge >= 0.3 is 0 Å². The van der Waals surface area contributed by atoms with Crippen LogP contribution < -0.4 is 4.90 Å². The summed E-state index contributed by atoms with van der Waals surface area (Å²) in [7, 11) is 0. The number of aromatic nitrogens is 1. The SMILES string of the molecule is O=C1N(C2CCC(O)CC2)CC[C@@]12CCCN(c1cc(F)cnc1F)C2. The standard InChI is InChI=1S/C19H25F2N3O2/c20-13-10-16(17(21)22-11-13)23-8-1-6-19(12-23)7-9-24(18(19)26)14-2-4-15(25)5-3-14/h10-11,14-15,25H,1-9,12H2/t14?,15?,19-/m1/s1. The van der Waals surface area contributed by atoms with Gasteiger partial charge in [-0.15, -0.1) is 0 Å². The number of aliphatic hydroxyl groups is 1. The van der Waals surface area contributed by atoms with Crippen molar-refractivity contribution in [2.24, 2.45) is 5.41 Å². The molecule has 3 heterocycles. The molecule has 1 aromatic heterocycles. The van der Waals surface area contributed by atoms with Crippen molar-refractivity contribution in [2.75, 3.05) is 24.5 Å². The first-order valence-electron chi connectivity index (χ1n) is 9.54. The summed E-state index contributed by atoms with van der Waals surface area (Å²) in [5.74, 6) is -1.11. The molecule has 1 aliphatic carbocycles. The minimum absolute atomic E-state index is 0.147. The smallest absolute Gasteiger partial charge is 0.236 e. The molecule has 1 spiro atoms. The largest absolute Gasteiger partial charge is 0.393 e. The quantitative estimate of drug-likeness (QED) is 0.818. The monoisotopic (exact) mass is 365 g/mol. The molecule has 142 valence electrons. The van der Waals surface area contributed by atoms with Gasteiger partial charge in [0.15, 0.2) is 0 Å². The number of carbonyl (C=O) groups is 1. The van der Waals surface area contributed by atoms with Crippen molar-refractivity contribution in [2.45, 2.75) is 57.1 Å². The van der Waals surface area contributed by atoms with E-state index in [-0.39, 0.29) is 23.7 Å². The molecule has 1 saturated carbocycles. The zero-order valence-electron chi connectivity index (χ0n) is 14.8. The number of likely N-dealkylation sites (tertiary alicyclic amines) is 1. The lowest BCUT2D eigenvalue weighted by Gasteiger charge is -2.41. The van der Waals surface area contributed by atoms with Gasteiger partial charge < -0.3 is 14.9 Å². The van der Waals surface area contributed by atoms with Crippen molar-refractivity contribution in [1.82, 2.24) is 9.88 Å². The fourth-order valence-corrected chi connectivity index (χ4v) is 4.92. The van der Waals surface area contributed by atoms with Gasteiger partial charge in [-0.25, -0.2) is 9.37 Å². The van der Waals surface area contributed by atoms with Crippen LogP contribution in [-0.4, -0.2) is 52.7 Å². The molecule has 1 N–H and O–H groups in total. The molecule has 4 rings (SSSR count). The average molecular weight is 365 g/mol. The lowest BCUT2D eigenvalue weighted by Crippen LogP contribution is -2.50. The van der Waals surface area contributed by atoms with Gasteiger partial charge in [0, 0.05) is 31.7 Å². The van der Waals surface area contributed by atoms with E-state index in [1.807, 2.05) is 4.90 Å². The van der Waals surface area contributed by atoms with E-state index in [1.165, 1.54) is 6.07 Å². The summed E-state index contributed by atoms with van der Waals surface area (Å²) in [6.45, 7) is 1.74. The van der Waals surface area contributed by atoms with Crippen LogP contribution in [-0.2, 0) is 4.79 Å². The molecule has 3 aliphatic rings. The number of hydrogen-bond donors (Lipinski definition) is 1. The van der Waals surface area contributed by atoms with E-state index >= 15 is 0 Å². The molecule has 5 nitrogen and oxygen atoms in total. The number of piperidine rings is 1. The van der Waals surface area contributed by atoms with Crippen LogP contribution in [0.5, 0.6) is 0 Å². The Morgan fingerprint density at radius 1 is 1.15 bits per heavy atom. The molecule has 0 aromatic carbocycles. The molecule has 1 atom stereocenters. The normalized spacial score (nSPS) is 32.5. The summed E-state index contributed by atoms with van der Waals surface area (Å²) in [5.41, 5.74) is -0.358. The lowest BCUT2D eigenvalue weighted by atomic mass is 9.78. The molecule has 3 fully saturated rings. The summed E-state index contributed by atoms with van der Waals surface area (Å²) >= 11 is 0. The first kappa shape index (κ1) is 17.6. The molecule has 26 heavy (non-hydrogen) atoms. The molecule has 1 amide bonds. The van der Waals surface area contributed by atoms with Gasteiger partial charge in [0.1, 0.15) is 5.82 Å². The number of carbonyl (C=O) groups excluding carboxylic acids is 1. The number of nitrogens with zero attached hydrogens (tertiary/aromatic N) is 3. The number of anilines is 1. The highest BCUT2D eigenvalue weighted by molar-refractivity contribution is 5.86. The zero-order valence-corrected chi connectivity index (χ0v) is 14.8. The molecule has 0 bridgehead atoms. The van der Waals surface area contributed by atoms with E-state index in [1.54, 1.807) is 4.90 Å². The molecular weight excluding hydrogens is 340 g/mol. The Morgan fingerprint density at radius 3 is 2.69 bits per heavy atom. The molecule has 0 unspecified atom stereocenters. The third-order valence-electron chi connectivity index (χ3n) is 6.36. The van der Waals surface area contributed by atoms with E-state index in [0.29, 0.717) is 13.1 Å². The second kappa shape index (κ2) is 6.76. The summed E-state index contributed by atoms with van der Waals surface area (Å²) < 4.78 is 27.6. The third-order valence-corrected chi connectivity index (χ3v) is 6.36. The highest BCUT2D eigenvalue weighted by Crippen LogP contribution is 2.43. The Labute approximate surface area is 152 Å². The van der Waals surface area contributed by atoms with E-state index in [4.69, 9.17) is 0 Å². The second-order valence-electron chi connectivity index (χ2n) is 7.98. The van der Waals surface area contributed by atoms with Gasteiger partial charge in [0.25, 0.3) is 0 Å². The predicted molar refractivity (Wildman–Crippen MR) is 92.6 cm³/mol. The van der Waals surface area contributed by atoms with Crippen LogP contribution in [0.2, 0.25) is 0 Å². The highest BCUT2D eigenvalue weighted by Gasteiger charge is 2.50. The molecule has 2 saturated heterocycles. The van der Waals surface area contributed by atoms with Crippen molar-refractivity contribution < 1.29 is 18.7 Å². The van der Waals surface area contributed by atoms with Gasteiger partial charge in [0.2, 0.25) is 11.9 Å². The van der Waals surface area contributed by atoms with E-state index in [2.05, 4.69) is 4.98 Å². The van der Waals surface area contributed by atoms with E-state index in [0.717, 1.165) is 57.7 Å². The number of aliphatic hydroxyl groups excluding tert-OH is 1. The van der Waals surface area contributed by atoms with Gasteiger partial charge in [0.05, 0.1) is 23.4 Å². The van der Waals surface area contributed by atoms with Crippen molar-refractivity contribution in [1.29, 1.82) is 0 Å². The summed E-state index contributed by atoms with van der Waals surface area (Å²) in [6, 6.07) is 1.37. The van der Waals surface area contributed by atoms with Crippen molar-refractivity contribution >= 4 is 11.6 Å². The Hall–Kier alpha value is -1.76. The highest BCUT2D eigenvalue weighted by atomic mass is 19.1. The number of rotatable bonds is 2. The zero-order chi connectivity index (χ0) is 18.3. The predicted octanol–water partition coefficient (Wildman–Crippen LogP) is 2.48. The molecular formula is C19H25F2N3O2. The van der Waals surface area contributed by atoms with Gasteiger partial charge in [-0.05, 0) is 44.9 Å². The Bertz CT molecular complexity index is 693. The van der Waals surface area contributed by atoms with Crippen LogP contribution in [0.3, 0.4) is 0 Å². The average Bonchev–Trinajstić information content (AvgIpc) is 2.94. The molecule has 1 aromatic rings. The van der Waals surface area contributed by atoms with Crippen LogP contribution in [0.4, 0.5) is 14.5 Å². The maximum Gasteiger partial charge on any atom is 0.236 e. The summed E-state index contributed by atoms with van der Waals surface area (Å²) in [5, 5.41) is 9.70. The maximum absolute atomic E-state index is 14.1. The molecule has 7 heteroatoms. The summed E-state index contributed by atoms with van der Waals surface area (Å²) in [4.78, 5) is 20.5. The number of amides is 1. The van der Waals surface area contributed by atoms with Crippen LogP contribution in [0, 0.1) is 17.2 Å². The number of pyridine rings is 1. The topological polar surface area (TPSA) is 56.7 Å². The molecule has 0 radical (unpaired) electrons. The number of halogens is 2. The van der Waals surface area contributed by atoms with Gasteiger partial charge in [-0.1, -0.05) is 0 Å². The van der Waals surface area contributed by atoms with Gasteiger partial charge in [-0.3, -0.25) is 4.79 Å². The first-order valence-corrected chi connectivity index (χ1v) is 9.54. The van der Waals surface area contributed by atoms with Crippen molar-refractivity contribution in [3.8, 4) is 0 Å². The Balaban J connectivity index is 1.51. The van der Waals surface area contributed by atoms with Crippen LogP contribution >= 0.6 is 0 Å². The van der Waals surface area contributed by atoms with Crippen molar-refractivity contribution in [3.05, 3.63) is 24.0 Å². The first-order chi connectivity index (χ1) is 12.5. The van der Waals surface area contributed by atoms with Gasteiger partial charge in [-0.2, -0.15) is 4.39 Å². The Kier molecular flexibility index (Phi) is 4.59. The third kappa shape index (κ3) is 3.06. The van der Waals surface area contributed by atoms with E-state index in [9.17, 15) is 18.7 Å². The van der Waals surface area contributed by atoms with E-state index < -0.39 is 17.2 Å². The van der Waals surface area contributed by atoms with Crippen LogP contribution in [0.1, 0.15) is 44.9 Å². The van der Waals surface area contributed by atoms with Crippen LogP contribution in [0.25, 0.3) is 0 Å². The Morgan fingerprint density at radius 2 is 1.92 bits per heavy atom. The number of hydrogen-bond acceptors (Lipinski definition) is 4. The van der Waals surface area contributed by atoms with Crippen molar-refractivity contribution in [3.63, 3.8) is 0 Å². The minimum Gasteiger partial charge on any atom is -0.393 e. The lowest BCUT2D eigenvalue weighted by molar-refractivity contribution is -0.139. The van der Waals surface area contributed by atoms with Crippen LogP contribution in [0.15, 0.2) is 12.3 Å². The second-order valence-corrected chi connectivity index (χ2v) is 7.98.